The second-order valence-electron chi connectivity index (χ2n) is 8.30. The molecule has 1 atom stereocenters. The highest BCUT2D eigenvalue weighted by Crippen LogP contribution is 2.24. The molecule has 0 aliphatic rings. The topological polar surface area (TPSA) is 75.5 Å². The third kappa shape index (κ3) is 4.47. The molecule has 1 aromatic carbocycles. The standard InChI is InChI=1S/C23H28N4O2/c1-6-15(2)24-21(28)19-18-9-7-8-14-27(18)20(26-19)22(29)25-17-12-10-16(11-13-17)23(3,4)5/h7-15H,6H2,1-5H3,(H,24,28)(H,25,29). The number of nitrogens with one attached hydrogen (secondary N) is 2. The van der Waals surface area contributed by atoms with E-state index in [0.717, 1.165) is 6.42 Å². The number of hydrogen-bond acceptors (Lipinski definition) is 3. The molecular weight excluding hydrogens is 364 g/mol. The van der Waals surface area contributed by atoms with Crippen LogP contribution >= 0.6 is 0 Å². The molecule has 2 amide bonds. The Morgan fingerprint density at radius 1 is 1.07 bits per heavy atom. The number of nitrogens with zero attached hydrogens (tertiary/aromatic N) is 2. The molecule has 2 aromatic heterocycles. The van der Waals surface area contributed by atoms with Crippen LogP contribution in [0, 0.1) is 0 Å². The summed E-state index contributed by atoms with van der Waals surface area (Å²) in [6.45, 7) is 10.4. The number of hydrogen-bond donors (Lipinski definition) is 2. The number of imidazole rings is 1. The number of pyridine rings is 1. The second kappa shape index (κ2) is 8.07. The lowest BCUT2D eigenvalue weighted by atomic mass is 9.87. The Morgan fingerprint density at radius 2 is 1.76 bits per heavy atom. The quantitative estimate of drug-likeness (QED) is 0.675. The summed E-state index contributed by atoms with van der Waals surface area (Å²) in [5.74, 6) is -0.469. The summed E-state index contributed by atoms with van der Waals surface area (Å²) in [4.78, 5) is 29.9. The molecule has 1 unspecified atom stereocenters. The van der Waals surface area contributed by atoms with E-state index in [0.29, 0.717) is 11.2 Å². The van der Waals surface area contributed by atoms with Crippen LogP contribution in [0.5, 0.6) is 0 Å². The number of fused-ring (bicyclic) bond motifs is 1. The molecule has 0 bridgehead atoms. The number of anilines is 1. The maximum atomic E-state index is 12.9. The van der Waals surface area contributed by atoms with E-state index < -0.39 is 0 Å². The third-order valence-electron chi connectivity index (χ3n) is 4.97. The molecule has 6 heteroatoms. The minimum atomic E-state index is -0.364. The lowest BCUT2D eigenvalue weighted by molar-refractivity contribution is 0.0936. The Labute approximate surface area is 171 Å². The fraction of sp³-hybridized carbons (Fsp3) is 0.348. The van der Waals surface area contributed by atoms with Crippen molar-refractivity contribution in [2.45, 2.75) is 52.5 Å². The van der Waals surface area contributed by atoms with E-state index in [9.17, 15) is 9.59 Å². The monoisotopic (exact) mass is 392 g/mol. The van der Waals surface area contributed by atoms with Gasteiger partial charge < -0.3 is 10.6 Å². The van der Waals surface area contributed by atoms with E-state index in [1.54, 1.807) is 22.7 Å². The number of benzene rings is 1. The third-order valence-corrected chi connectivity index (χ3v) is 4.97. The van der Waals surface area contributed by atoms with Crippen LogP contribution in [0.2, 0.25) is 0 Å². The largest absolute Gasteiger partial charge is 0.348 e. The Bertz CT molecular complexity index is 1030. The van der Waals surface area contributed by atoms with Gasteiger partial charge in [0.15, 0.2) is 5.69 Å². The summed E-state index contributed by atoms with van der Waals surface area (Å²) in [5.41, 5.74) is 2.76. The first-order chi connectivity index (χ1) is 13.7. The zero-order chi connectivity index (χ0) is 21.2. The molecule has 0 saturated heterocycles. The molecule has 3 rings (SSSR count). The number of amides is 2. The van der Waals surface area contributed by atoms with Crippen LogP contribution in [-0.2, 0) is 5.41 Å². The van der Waals surface area contributed by atoms with Gasteiger partial charge in [-0.1, -0.05) is 45.9 Å². The van der Waals surface area contributed by atoms with E-state index in [1.807, 2.05) is 44.2 Å². The smallest absolute Gasteiger partial charge is 0.292 e. The zero-order valence-corrected chi connectivity index (χ0v) is 17.6. The van der Waals surface area contributed by atoms with E-state index in [1.165, 1.54) is 5.56 Å². The molecule has 0 spiro atoms. The maximum absolute atomic E-state index is 12.9. The molecule has 2 heterocycles. The van der Waals surface area contributed by atoms with Gasteiger partial charge in [0.1, 0.15) is 0 Å². The Balaban J connectivity index is 1.89. The summed E-state index contributed by atoms with van der Waals surface area (Å²) in [6.07, 6.45) is 2.55. The molecule has 29 heavy (non-hydrogen) atoms. The molecule has 6 nitrogen and oxygen atoms in total. The van der Waals surface area contributed by atoms with Gasteiger partial charge >= 0.3 is 0 Å². The highest BCUT2D eigenvalue weighted by Gasteiger charge is 2.22. The highest BCUT2D eigenvalue weighted by atomic mass is 16.2. The van der Waals surface area contributed by atoms with Crippen molar-refractivity contribution in [3.05, 3.63) is 65.7 Å². The van der Waals surface area contributed by atoms with E-state index in [-0.39, 0.29) is 34.8 Å². The first-order valence-corrected chi connectivity index (χ1v) is 9.90. The van der Waals surface area contributed by atoms with Crippen molar-refractivity contribution in [2.24, 2.45) is 0 Å². The summed E-state index contributed by atoms with van der Waals surface area (Å²) in [5, 5.41) is 5.79. The van der Waals surface area contributed by atoms with Gasteiger partial charge in [0.25, 0.3) is 11.8 Å². The first kappa shape index (κ1) is 20.6. The minimum Gasteiger partial charge on any atom is -0.348 e. The van der Waals surface area contributed by atoms with Crippen molar-refractivity contribution in [3.63, 3.8) is 0 Å². The van der Waals surface area contributed by atoms with Gasteiger partial charge in [-0.15, -0.1) is 0 Å². The summed E-state index contributed by atoms with van der Waals surface area (Å²) in [6, 6.07) is 13.2. The van der Waals surface area contributed by atoms with Gasteiger partial charge in [0.2, 0.25) is 5.82 Å². The molecule has 3 aromatic rings. The van der Waals surface area contributed by atoms with Crippen LogP contribution in [0.4, 0.5) is 5.69 Å². The Hall–Kier alpha value is -3.15. The fourth-order valence-electron chi connectivity index (χ4n) is 3.00. The average Bonchev–Trinajstić information content (AvgIpc) is 3.07. The van der Waals surface area contributed by atoms with Crippen LogP contribution in [0.15, 0.2) is 48.7 Å². The highest BCUT2D eigenvalue weighted by molar-refractivity contribution is 6.06. The minimum absolute atomic E-state index is 0.0292. The van der Waals surface area contributed by atoms with Crippen molar-refractivity contribution in [1.82, 2.24) is 14.7 Å². The summed E-state index contributed by atoms with van der Waals surface area (Å²) < 4.78 is 1.64. The van der Waals surface area contributed by atoms with E-state index >= 15 is 0 Å². The average molecular weight is 393 g/mol. The Morgan fingerprint density at radius 3 is 2.38 bits per heavy atom. The Kier molecular flexibility index (Phi) is 5.73. The van der Waals surface area contributed by atoms with Crippen molar-refractivity contribution >= 4 is 23.0 Å². The lowest BCUT2D eigenvalue weighted by Gasteiger charge is -2.19. The van der Waals surface area contributed by atoms with Gasteiger partial charge in [-0.05, 0) is 48.6 Å². The molecule has 152 valence electrons. The normalized spacial score (nSPS) is 12.6. The van der Waals surface area contributed by atoms with Crippen LogP contribution in [0.25, 0.3) is 5.52 Å². The fourth-order valence-corrected chi connectivity index (χ4v) is 3.00. The SMILES string of the molecule is CCC(C)NC(=O)c1nc(C(=O)Nc2ccc(C(C)(C)C)cc2)n2ccccc12. The van der Waals surface area contributed by atoms with Gasteiger partial charge in [0, 0.05) is 17.9 Å². The van der Waals surface area contributed by atoms with Gasteiger partial charge in [-0.25, -0.2) is 4.98 Å². The number of carbonyl (C=O) groups excluding carboxylic acids is 2. The van der Waals surface area contributed by atoms with Crippen LogP contribution in [-0.4, -0.2) is 27.2 Å². The molecule has 0 aliphatic carbocycles. The number of carbonyl (C=O) groups is 2. The van der Waals surface area contributed by atoms with Crippen molar-refractivity contribution in [3.8, 4) is 0 Å². The molecule has 0 aliphatic heterocycles. The summed E-state index contributed by atoms with van der Waals surface area (Å²) in [7, 11) is 0. The molecule has 2 N–H and O–H groups in total. The predicted octanol–water partition coefficient (Wildman–Crippen LogP) is 4.41. The molecular formula is C23H28N4O2. The van der Waals surface area contributed by atoms with Crippen LogP contribution in [0.3, 0.4) is 0 Å². The first-order valence-electron chi connectivity index (χ1n) is 9.90. The molecule has 0 radical (unpaired) electrons. The van der Waals surface area contributed by atoms with Crippen LogP contribution in [0.1, 0.15) is 67.7 Å². The van der Waals surface area contributed by atoms with Gasteiger partial charge in [0.05, 0.1) is 5.52 Å². The number of rotatable bonds is 5. The van der Waals surface area contributed by atoms with E-state index in [4.69, 9.17) is 0 Å². The number of aromatic nitrogens is 2. The van der Waals surface area contributed by atoms with Crippen molar-refractivity contribution in [2.75, 3.05) is 5.32 Å². The van der Waals surface area contributed by atoms with Crippen LogP contribution < -0.4 is 10.6 Å². The maximum Gasteiger partial charge on any atom is 0.292 e. The lowest BCUT2D eigenvalue weighted by Crippen LogP contribution is -2.32. The van der Waals surface area contributed by atoms with E-state index in [2.05, 4.69) is 36.4 Å². The van der Waals surface area contributed by atoms with Gasteiger partial charge in [-0.2, -0.15) is 0 Å². The van der Waals surface area contributed by atoms with Gasteiger partial charge in [-0.3, -0.25) is 14.0 Å². The summed E-state index contributed by atoms with van der Waals surface area (Å²) >= 11 is 0. The second-order valence-corrected chi connectivity index (χ2v) is 8.30. The van der Waals surface area contributed by atoms with Crippen molar-refractivity contribution < 1.29 is 9.59 Å². The zero-order valence-electron chi connectivity index (χ0n) is 17.6. The predicted molar refractivity (Wildman–Crippen MR) is 116 cm³/mol. The molecule has 0 saturated carbocycles. The van der Waals surface area contributed by atoms with Crippen molar-refractivity contribution in [1.29, 1.82) is 0 Å². The molecule has 0 fully saturated rings.